The third kappa shape index (κ3) is 3.98. The Morgan fingerprint density at radius 1 is 1.38 bits per heavy atom. The lowest BCUT2D eigenvalue weighted by atomic mass is 10.1. The van der Waals surface area contributed by atoms with Crippen molar-refractivity contribution in [3.05, 3.63) is 23.7 Å². The third-order valence-corrected chi connectivity index (χ3v) is 2.10. The maximum atomic E-state index is 11.5. The molecule has 1 aromatic rings. The average molecular weight is 224 g/mol. The first-order valence-corrected chi connectivity index (χ1v) is 5.32. The fourth-order valence-corrected chi connectivity index (χ4v) is 1.27. The van der Waals surface area contributed by atoms with E-state index >= 15 is 0 Å². The highest BCUT2D eigenvalue weighted by atomic mass is 16.5. The second-order valence-electron chi connectivity index (χ2n) is 3.50. The number of ketones is 2. The fourth-order valence-electron chi connectivity index (χ4n) is 1.27. The quantitative estimate of drug-likeness (QED) is 0.404. The van der Waals surface area contributed by atoms with Crippen molar-refractivity contribution in [1.82, 2.24) is 0 Å². The van der Waals surface area contributed by atoms with Gasteiger partial charge in [0.05, 0.1) is 13.0 Å². The van der Waals surface area contributed by atoms with E-state index in [0.29, 0.717) is 19.0 Å². The summed E-state index contributed by atoms with van der Waals surface area (Å²) in [5.74, 6) is 0.537. The molecule has 0 spiro atoms. The first-order valence-electron chi connectivity index (χ1n) is 5.32. The number of hydrogen-bond donors (Lipinski definition) is 0. The van der Waals surface area contributed by atoms with Crippen LogP contribution >= 0.6 is 0 Å². The van der Waals surface area contributed by atoms with Crippen LogP contribution in [0.25, 0.3) is 0 Å². The van der Waals surface area contributed by atoms with E-state index in [9.17, 15) is 9.59 Å². The van der Waals surface area contributed by atoms with Crippen molar-refractivity contribution in [1.29, 1.82) is 0 Å². The SMILES string of the molecule is CCOCCC(=O)CC(=O)c1ccc(C)o1. The second-order valence-corrected chi connectivity index (χ2v) is 3.50. The summed E-state index contributed by atoms with van der Waals surface area (Å²) in [6.07, 6.45) is 0.166. The van der Waals surface area contributed by atoms with E-state index in [2.05, 4.69) is 0 Å². The van der Waals surface area contributed by atoms with Crippen molar-refractivity contribution in [2.75, 3.05) is 13.2 Å². The zero-order valence-corrected chi connectivity index (χ0v) is 9.62. The summed E-state index contributed by atoms with van der Waals surface area (Å²) in [7, 11) is 0. The van der Waals surface area contributed by atoms with Gasteiger partial charge < -0.3 is 9.15 Å². The van der Waals surface area contributed by atoms with Gasteiger partial charge in [0.2, 0.25) is 5.78 Å². The first-order chi connectivity index (χ1) is 7.63. The highest BCUT2D eigenvalue weighted by Crippen LogP contribution is 2.09. The molecule has 0 fully saturated rings. The Morgan fingerprint density at radius 2 is 2.12 bits per heavy atom. The number of carbonyl (C=O) groups excluding carboxylic acids is 2. The van der Waals surface area contributed by atoms with Gasteiger partial charge in [0.1, 0.15) is 11.5 Å². The van der Waals surface area contributed by atoms with Crippen molar-refractivity contribution >= 4 is 11.6 Å². The van der Waals surface area contributed by atoms with Gasteiger partial charge >= 0.3 is 0 Å². The lowest BCUT2D eigenvalue weighted by molar-refractivity contribution is -0.119. The molecule has 0 aliphatic carbocycles. The van der Waals surface area contributed by atoms with Gasteiger partial charge in [0, 0.05) is 13.0 Å². The van der Waals surface area contributed by atoms with Gasteiger partial charge in [-0.05, 0) is 26.0 Å². The molecule has 0 unspecified atom stereocenters. The number of carbonyl (C=O) groups is 2. The van der Waals surface area contributed by atoms with Crippen LogP contribution in [0.3, 0.4) is 0 Å². The second kappa shape index (κ2) is 6.23. The van der Waals surface area contributed by atoms with Gasteiger partial charge in [-0.15, -0.1) is 0 Å². The van der Waals surface area contributed by atoms with E-state index in [1.54, 1.807) is 19.1 Å². The molecule has 4 heteroatoms. The van der Waals surface area contributed by atoms with Crippen molar-refractivity contribution < 1.29 is 18.7 Å². The minimum absolute atomic E-state index is 0.111. The summed E-state index contributed by atoms with van der Waals surface area (Å²) in [6, 6.07) is 3.30. The normalized spacial score (nSPS) is 10.4. The maximum absolute atomic E-state index is 11.5. The molecule has 16 heavy (non-hydrogen) atoms. The molecule has 1 aromatic heterocycles. The van der Waals surface area contributed by atoms with E-state index < -0.39 is 0 Å². The summed E-state index contributed by atoms with van der Waals surface area (Å²) in [6.45, 7) is 4.58. The van der Waals surface area contributed by atoms with Crippen LogP contribution in [-0.2, 0) is 9.53 Å². The van der Waals surface area contributed by atoms with Crippen LogP contribution in [0.5, 0.6) is 0 Å². The Bertz CT molecular complexity index is 365. The Kier molecular flexibility index (Phi) is 4.92. The Balaban J connectivity index is 2.37. The lowest BCUT2D eigenvalue weighted by Crippen LogP contribution is -2.10. The Morgan fingerprint density at radius 3 is 2.69 bits per heavy atom. The summed E-state index contributed by atoms with van der Waals surface area (Å²) in [5, 5.41) is 0. The smallest absolute Gasteiger partial charge is 0.205 e. The fraction of sp³-hybridized carbons (Fsp3) is 0.500. The molecule has 1 heterocycles. The van der Waals surface area contributed by atoms with Crippen LogP contribution < -0.4 is 0 Å². The van der Waals surface area contributed by atoms with Gasteiger partial charge in [0.25, 0.3) is 0 Å². The van der Waals surface area contributed by atoms with Crippen molar-refractivity contribution in [2.24, 2.45) is 0 Å². The van der Waals surface area contributed by atoms with Gasteiger partial charge in [-0.2, -0.15) is 0 Å². The van der Waals surface area contributed by atoms with E-state index in [0.717, 1.165) is 0 Å². The molecule has 0 aliphatic rings. The zero-order valence-electron chi connectivity index (χ0n) is 9.62. The van der Waals surface area contributed by atoms with Crippen molar-refractivity contribution in [3.63, 3.8) is 0 Å². The molecule has 0 saturated carbocycles. The first kappa shape index (κ1) is 12.6. The molecule has 0 radical (unpaired) electrons. The van der Waals surface area contributed by atoms with E-state index in [1.165, 1.54) is 0 Å². The van der Waals surface area contributed by atoms with Gasteiger partial charge in [0.15, 0.2) is 5.76 Å². The minimum atomic E-state index is -0.269. The van der Waals surface area contributed by atoms with Crippen LogP contribution in [-0.4, -0.2) is 24.8 Å². The van der Waals surface area contributed by atoms with Crippen molar-refractivity contribution in [2.45, 2.75) is 26.7 Å². The van der Waals surface area contributed by atoms with Gasteiger partial charge in [-0.3, -0.25) is 9.59 Å². The topological polar surface area (TPSA) is 56.5 Å². The number of ether oxygens (including phenoxy) is 1. The van der Waals surface area contributed by atoms with Gasteiger partial charge in [-0.25, -0.2) is 0 Å². The standard InChI is InChI=1S/C12H16O4/c1-3-15-7-6-10(13)8-11(14)12-5-4-9(2)16-12/h4-5H,3,6-8H2,1-2H3. The molecule has 4 nitrogen and oxygen atoms in total. The Hall–Kier alpha value is -1.42. The molecule has 0 bridgehead atoms. The summed E-state index contributed by atoms with van der Waals surface area (Å²) >= 11 is 0. The summed E-state index contributed by atoms with van der Waals surface area (Å²) < 4.78 is 10.2. The number of aryl methyl sites for hydroxylation is 1. The van der Waals surface area contributed by atoms with Crippen LogP contribution in [0.15, 0.2) is 16.5 Å². The van der Waals surface area contributed by atoms with E-state index in [4.69, 9.17) is 9.15 Å². The molecule has 0 amide bonds. The zero-order chi connectivity index (χ0) is 12.0. The molecular formula is C12H16O4. The van der Waals surface area contributed by atoms with Crippen LogP contribution in [0.4, 0.5) is 0 Å². The largest absolute Gasteiger partial charge is 0.458 e. The van der Waals surface area contributed by atoms with Crippen molar-refractivity contribution in [3.8, 4) is 0 Å². The molecule has 0 saturated heterocycles. The van der Waals surface area contributed by atoms with Crippen LogP contribution in [0.1, 0.15) is 36.1 Å². The predicted molar refractivity (Wildman–Crippen MR) is 58.5 cm³/mol. The monoisotopic (exact) mass is 224 g/mol. The van der Waals surface area contributed by atoms with Crippen LogP contribution in [0.2, 0.25) is 0 Å². The molecule has 0 aromatic carbocycles. The highest BCUT2D eigenvalue weighted by Gasteiger charge is 2.14. The maximum Gasteiger partial charge on any atom is 0.205 e. The third-order valence-electron chi connectivity index (χ3n) is 2.10. The highest BCUT2D eigenvalue weighted by molar-refractivity contribution is 6.06. The Labute approximate surface area is 94.6 Å². The van der Waals surface area contributed by atoms with Gasteiger partial charge in [-0.1, -0.05) is 0 Å². The summed E-state index contributed by atoms with van der Waals surface area (Å²) in [5.41, 5.74) is 0. The number of hydrogen-bond acceptors (Lipinski definition) is 4. The molecule has 0 atom stereocenters. The molecule has 1 rings (SSSR count). The lowest BCUT2D eigenvalue weighted by Gasteiger charge is -1.99. The number of furan rings is 1. The van der Waals surface area contributed by atoms with E-state index in [1.807, 2.05) is 6.92 Å². The molecule has 88 valence electrons. The average Bonchev–Trinajstić information content (AvgIpc) is 2.65. The van der Waals surface area contributed by atoms with E-state index in [-0.39, 0.29) is 30.2 Å². The predicted octanol–water partition coefficient (Wildman–Crippen LogP) is 2.16. The summed E-state index contributed by atoms with van der Waals surface area (Å²) in [4.78, 5) is 22.9. The minimum Gasteiger partial charge on any atom is -0.458 e. The van der Waals surface area contributed by atoms with Crippen LogP contribution in [0, 0.1) is 6.92 Å². The molecule has 0 aliphatic heterocycles. The number of Topliss-reactive ketones (excluding diaryl/α,β-unsaturated/α-hetero) is 2. The number of rotatable bonds is 7. The molecular weight excluding hydrogens is 208 g/mol. The molecule has 0 N–H and O–H groups in total.